The van der Waals surface area contributed by atoms with Crippen molar-refractivity contribution in [1.82, 2.24) is 25.1 Å². The summed E-state index contributed by atoms with van der Waals surface area (Å²) in [6.07, 6.45) is 0.213. The molecule has 0 aliphatic carbocycles. The zero-order valence-corrected chi connectivity index (χ0v) is 21.9. The summed E-state index contributed by atoms with van der Waals surface area (Å²) in [7, 11) is 1.71. The van der Waals surface area contributed by atoms with Crippen molar-refractivity contribution in [1.29, 1.82) is 0 Å². The number of carbonyl (C=O) groups excluding carboxylic acids is 3. The third kappa shape index (κ3) is 5.93. The molecule has 0 bridgehead atoms. The molecule has 202 valence electrons. The first kappa shape index (κ1) is 26.4. The fourth-order valence-corrected chi connectivity index (χ4v) is 5.31. The van der Waals surface area contributed by atoms with Gasteiger partial charge in [0.15, 0.2) is 0 Å². The molecule has 0 spiro atoms. The van der Waals surface area contributed by atoms with E-state index in [4.69, 9.17) is 0 Å². The van der Waals surface area contributed by atoms with Gasteiger partial charge in [0.1, 0.15) is 18.0 Å². The molecular formula is C30H32FN5O3. The molecule has 3 aromatic carbocycles. The number of carbonyl (C=O) groups is 3. The van der Waals surface area contributed by atoms with Gasteiger partial charge in [-0.25, -0.2) is 19.2 Å². The zero-order valence-electron chi connectivity index (χ0n) is 21.9. The van der Waals surface area contributed by atoms with Crippen LogP contribution in [0.1, 0.15) is 16.7 Å². The molecule has 9 heteroatoms. The number of hydrazine groups is 1. The number of nitrogens with one attached hydrogen (secondary N) is 1. The summed E-state index contributed by atoms with van der Waals surface area (Å²) in [6.45, 7) is 0.895. The predicted octanol–water partition coefficient (Wildman–Crippen LogP) is 3.05. The summed E-state index contributed by atoms with van der Waals surface area (Å²) in [5.74, 6) is -0.658. The van der Waals surface area contributed by atoms with Gasteiger partial charge >= 0.3 is 6.03 Å². The minimum atomic E-state index is -0.745. The van der Waals surface area contributed by atoms with Crippen molar-refractivity contribution in [2.75, 3.05) is 26.7 Å². The van der Waals surface area contributed by atoms with E-state index in [1.165, 1.54) is 12.1 Å². The maximum atomic E-state index is 13.8. The number of piperazine rings is 1. The lowest BCUT2D eigenvalue weighted by molar-refractivity contribution is -0.186. The molecule has 39 heavy (non-hydrogen) atoms. The Morgan fingerprint density at radius 3 is 2.21 bits per heavy atom. The largest absolute Gasteiger partial charge is 0.337 e. The van der Waals surface area contributed by atoms with Gasteiger partial charge in [0.2, 0.25) is 11.8 Å². The Balaban J connectivity index is 1.41. The smallest absolute Gasteiger partial charge is 0.334 e. The minimum Gasteiger partial charge on any atom is -0.337 e. The number of amides is 4. The highest BCUT2D eigenvalue weighted by molar-refractivity contribution is 5.91. The molecule has 3 aromatic rings. The Morgan fingerprint density at radius 1 is 0.897 bits per heavy atom. The van der Waals surface area contributed by atoms with Crippen LogP contribution in [0, 0.1) is 5.82 Å². The first-order valence-corrected chi connectivity index (χ1v) is 13.1. The van der Waals surface area contributed by atoms with E-state index in [-0.39, 0.29) is 36.8 Å². The van der Waals surface area contributed by atoms with Crippen LogP contribution in [0.15, 0.2) is 84.9 Å². The van der Waals surface area contributed by atoms with Crippen LogP contribution in [-0.2, 0) is 29.0 Å². The van der Waals surface area contributed by atoms with Crippen molar-refractivity contribution in [2.45, 2.75) is 31.6 Å². The normalized spacial score (nSPS) is 19.7. The van der Waals surface area contributed by atoms with Crippen LogP contribution < -0.4 is 5.32 Å². The van der Waals surface area contributed by atoms with Gasteiger partial charge in [0.25, 0.3) is 0 Å². The second-order valence-corrected chi connectivity index (χ2v) is 9.95. The lowest BCUT2D eigenvalue weighted by atomic mass is 9.98. The van der Waals surface area contributed by atoms with Crippen molar-refractivity contribution in [2.24, 2.45) is 0 Å². The van der Waals surface area contributed by atoms with Gasteiger partial charge in [-0.15, -0.1) is 0 Å². The Bertz CT molecular complexity index is 1310. The topological polar surface area (TPSA) is 76.2 Å². The van der Waals surface area contributed by atoms with Crippen molar-refractivity contribution in [3.63, 3.8) is 0 Å². The van der Waals surface area contributed by atoms with Crippen molar-refractivity contribution < 1.29 is 18.8 Å². The molecule has 2 aliphatic heterocycles. The van der Waals surface area contributed by atoms with Crippen molar-refractivity contribution >= 4 is 17.8 Å². The van der Waals surface area contributed by atoms with E-state index < -0.39 is 12.2 Å². The Hall–Kier alpha value is -4.24. The van der Waals surface area contributed by atoms with Gasteiger partial charge in [-0.3, -0.25) is 9.59 Å². The predicted molar refractivity (Wildman–Crippen MR) is 144 cm³/mol. The standard InChI is InChI=1S/C30H32FN5O3/c1-33-21-28(37)35-26(18-23-8-4-2-5-9-23)29(38)34(17-16-22-12-14-25(31)15-13-22)20-27(35)36(33)30(39)32-19-24-10-6-3-7-11-24/h2-15,26-27H,16-21H2,1H3,(H,32,39)/t26-,27-/m0/s1. The van der Waals surface area contributed by atoms with Gasteiger partial charge < -0.3 is 15.1 Å². The van der Waals surface area contributed by atoms with Gasteiger partial charge in [-0.1, -0.05) is 72.8 Å². The molecule has 2 saturated heterocycles. The summed E-state index contributed by atoms with van der Waals surface area (Å²) in [6, 6.07) is 24.3. The van der Waals surface area contributed by atoms with E-state index in [9.17, 15) is 18.8 Å². The van der Waals surface area contributed by atoms with E-state index in [2.05, 4.69) is 5.32 Å². The van der Waals surface area contributed by atoms with Crippen LogP contribution in [0.25, 0.3) is 0 Å². The van der Waals surface area contributed by atoms with Gasteiger partial charge in [-0.05, 0) is 35.2 Å². The van der Waals surface area contributed by atoms with E-state index >= 15 is 0 Å². The van der Waals surface area contributed by atoms with E-state index in [0.717, 1.165) is 16.7 Å². The second kappa shape index (κ2) is 11.7. The second-order valence-electron chi connectivity index (χ2n) is 9.95. The molecule has 2 heterocycles. The highest BCUT2D eigenvalue weighted by Gasteiger charge is 2.50. The van der Waals surface area contributed by atoms with Crippen LogP contribution in [0.4, 0.5) is 9.18 Å². The summed E-state index contributed by atoms with van der Waals surface area (Å²) >= 11 is 0. The van der Waals surface area contributed by atoms with Gasteiger partial charge in [0.05, 0.1) is 13.1 Å². The molecule has 8 nitrogen and oxygen atoms in total. The van der Waals surface area contributed by atoms with Gasteiger partial charge in [0, 0.05) is 26.6 Å². The van der Waals surface area contributed by atoms with E-state index in [1.54, 1.807) is 39.0 Å². The zero-order chi connectivity index (χ0) is 27.4. The number of nitrogens with zero attached hydrogens (tertiary/aromatic N) is 4. The number of hydrogen-bond donors (Lipinski definition) is 1. The first-order chi connectivity index (χ1) is 18.9. The Morgan fingerprint density at radius 2 is 1.54 bits per heavy atom. The number of rotatable bonds is 7. The Kier molecular flexibility index (Phi) is 7.88. The van der Waals surface area contributed by atoms with Crippen LogP contribution in [0.5, 0.6) is 0 Å². The first-order valence-electron chi connectivity index (χ1n) is 13.1. The van der Waals surface area contributed by atoms with Crippen LogP contribution in [-0.4, -0.2) is 76.6 Å². The molecule has 1 N–H and O–H groups in total. The number of fused-ring (bicyclic) bond motifs is 1. The molecule has 2 fully saturated rings. The van der Waals surface area contributed by atoms with Crippen LogP contribution in [0.2, 0.25) is 0 Å². The third-order valence-electron chi connectivity index (χ3n) is 7.29. The molecule has 2 aliphatic rings. The number of likely N-dealkylation sites (N-methyl/N-ethyl adjacent to an activating group) is 1. The highest BCUT2D eigenvalue weighted by atomic mass is 19.1. The Labute approximate surface area is 227 Å². The molecule has 2 atom stereocenters. The SMILES string of the molecule is CN1CC(=O)N2[C@@H](Cc3ccccc3)C(=O)N(CCc3ccc(F)cc3)C[C@@H]2N1C(=O)NCc1ccccc1. The average molecular weight is 530 g/mol. The quantitative estimate of drug-likeness (QED) is 0.511. The molecular weight excluding hydrogens is 497 g/mol. The van der Waals surface area contributed by atoms with Gasteiger partial charge in [-0.2, -0.15) is 0 Å². The maximum Gasteiger partial charge on any atom is 0.334 e. The lowest BCUT2D eigenvalue weighted by Crippen LogP contribution is -2.76. The van der Waals surface area contributed by atoms with E-state index in [0.29, 0.717) is 25.9 Å². The summed E-state index contributed by atoms with van der Waals surface area (Å²) in [5, 5.41) is 6.15. The summed E-state index contributed by atoms with van der Waals surface area (Å²) in [5.41, 5.74) is 2.79. The maximum absolute atomic E-state index is 13.8. The average Bonchev–Trinajstić information content (AvgIpc) is 2.94. The summed E-state index contributed by atoms with van der Waals surface area (Å²) in [4.78, 5) is 44.0. The number of halogens is 1. The summed E-state index contributed by atoms with van der Waals surface area (Å²) < 4.78 is 13.4. The fourth-order valence-electron chi connectivity index (χ4n) is 5.31. The van der Waals surface area contributed by atoms with Crippen molar-refractivity contribution in [3.8, 4) is 0 Å². The monoisotopic (exact) mass is 529 g/mol. The van der Waals surface area contributed by atoms with E-state index in [1.807, 2.05) is 60.7 Å². The van der Waals surface area contributed by atoms with Crippen LogP contribution >= 0.6 is 0 Å². The molecule has 5 rings (SSSR count). The molecule has 4 amide bonds. The minimum absolute atomic E-state index is 0.0105. The number of hydrogen-bond acceptors (Lipinski definition) is 4. The number of benzene rings is 3. The molecule has 0 aromatic heterocycles. The highest BCUT2D eigenvalue weighted by Crippen LogP contribution is 2.28. The third-order valence-corrected chi connectivity index (χ3v) is 7.29. The number of urea groups is 1. The molecule has 0 unspecified atom stereocenters. The van der Waals surface area contributed by atoms with Crippen molar-refractivity contribution in [3.05, 3.63) is 107 Å². The molecule has 0 saturated carbocycles. The lowest BCUT2D eigenvalue weighted by Gasteiger charge is -2.54. The van der Waals surface area contributed by atoms with Crippen LogP contribution in [0.3, 0.4) is 0 Å². The fraction of sp³-hybridized carbons (Fsp3) is 0.300. The molecule has 0 radical (unpaired) electrons.